The monoisotopic (exact) mass is 470 g/mol. The van der Waals surface area contributed by atoms with Gasteiger partial charge in [0.2, 0.25) is 0 Å². The molecule has 35 heavy (non-hydrogen) atoms. The zero-order chi connectivity index (χ0) is 24.3. The maximum atomic E-state index is 14.4. The molecule has 6 rings (SSSR count). The van der Waals surface area contributed by atoms with E-state index in [0.717, 1.165) is 47.8 Å². The summed E-state index contributed by atoms with van der Waals surface area (Å²) < 4.78 is 14.4. The molecule has 7 nitrogen and oxygen atoms in total. The molecule has 0 atom stereocenters. The van der Waals surface area contributed by atoms with Crippen molar-refractivity contribution < 1.29 is 4.39 Å². The van der Waals surface area contributed by atoms with Crippen molar-refractivity contribution in [1.29, 1.82) is 0 Å². The molecule has 0 amide bonds. The fraction of sp³-hybridized carbons (Fsp3) is 0.296. The minimum Gasteiger partial charge on any atom is -0.394 e. The summed E-state index contributed by atoms with van der Waals surface area (Å²) in [5.41, 5.74) is 10.5. The number of nitrogen functional groups attached to an aromatic ring is 1. The van der Waals surface area contributed by atoms with Gasteiger partial charge >= 0.3 is 0 Å². The highest BCUT2D eigenvalue weighted by Crippen LogP contribution is 2.41. The van der Waals surface area contributed by atoms with E-state index in [2.05, 4.69) is 40.0 Å². The molecule has 0 bridgehead atoms. The van der Waals surface area contributed by atoms with Crippen molar-refractivity contribution in [2.24, 2.45) is 0 Å². The van der Waals surface area contributed by atoms with Gasteiger partial charge < -0.3 is 15.6 Å². The quantitative estimate of drug-likeness (QED) is 0.325. The van der Waals surface area contributed by atoms with Crippen LogP contribution in [0.4, 0.5) is 10.1 Å². The number of hydrogen-bond acceptors (Lipinski definition) is 5. The number of likely N-dealkylation sites (tertiary alicyclic amines) is 1. The summed E-state index contributed by atoms with van der Waals surface area (Å²) >= 11 is 0. The lowest BCUT2D eigenvalue weighted by Crippen LogP contribution is -2.37. The number of aromatic amines is 2. The van der Waals surface area contributed by atoms with Crippen molar-refractivity contribution in [2.45, 2.75) is 38.6 Å². The lowest BCUT2D eigenvalue weighted by atomic mass is 9.85. The van der Waals surface area contributed by atoms with Crippen LogP contribution in [-0.2, 0) is 0 Å². The molecule has 4 heterocycles. The molecule has 0 saturated carbocycles. The summed E-state index contributed by atoms with van der Waals surface area (Å²) in [7, 11) is 0. The third kappa shape index (κ3) is 3.39. The Balaban J connectivity index is 1.65. The van der Waals surface area contributed by atoms with E-state index in [9.17, 15) is 9.18 Å². The Labute approximate surface area is 201 Å². The first kappa shape index (κ1) is 21.7. The Morgan fingerprint density at radius 1 is 1.11 bits per heavy atom. The Morgan fingerprint density at radius 2 is 1.91 bits per heavy atom. The Kier molecular flexibility index (Phi) is 5.07. The third-order valence-electron chi connectivity index (χ3n) is 7.48. The molecule has 0 unspecified atom stereocenters. The molecule has 3 aromatic heterocycles. The Hall–Kier alpha value is -3.78. The number of hydrogen-bond donors (Lipinski definition) is 3. The van der Waals surface area contributed by atoms with E-state index in [4.69, 9.17) is 10.7 Å². The number of rotatable bonds is 3. The molecule has 2 aromatic carbocycles. The number of nitrogens with one attached hydrogen (secondary N) is 2. The zero-order valence-electron chi connectivity index (χ0n) is 19.7. The molecule has 178 valence electrons. The molecule has 0 spiro atoms. The summed E-state index contributed by atoms with van der Waals surface area (Å²) in [4.78, 5) is 23.2. The highest BCUT2D eigenvalue weighted by Gasteiger charge is 2.26. The molecular weight excluding hydrogens is 443 g/mol. The van der Waals surface area contributed by atoms with Gasteiger partial charge in [-0.1, -0.05) is 6.07 Å². The van der Waals surface area contributed by atoms with Crippen LogP contribution in [0.5, 0.6) is 0 Å². The van der Waals surface area contributed by atoms with Crippen LogP contribution < -0.4 is 11.3 Å². The van der Waals surface area contributed by atoms with Crippen molar-refractivity contribution in [1.82, 2.24) is 25.1 Å². The average Bonchev–Trinajstić information content (AvgIpc) is 3.37. The summed E-state index contributed by atoms with van der Waals surface area (Å²) in [5.74, 6) is -0.0591. The molecule has 1 aliphatic heterocycles. The Bertz CT molecular complexity index is 1650. The number of halogens is 1. The van der Waals surface area contributed by atoms with Gasteiger partial charge in [0.1, 0.15) is 17.0 Å². The third-order valence-corrected chi connectivity index (χ3v) is 7.48. The van der Waals surface area contributed by atoms with Gasteiger partial charge in [0.25, 0.3) is 5.56 Å². The summed E-state index contributed by atoms with van der Waals surface area (Å²) in [6.45, 7) is 6.53. The minimum absolute atomic E-state index is 0.107. The molecule has 8 heteroatoms. The number of benzene rings is 2. The normalized spacial score (nSPS) is 15.7. The van der Waals surface area contributed by atoms with Gasteiger partial charge in [0, 0.05) is 34.0 Å². The van der Waals surface area contributed by atoms with Crippen LogP contribution in [0.15, 0.2) is 47.5 Å². The van der Waals surface area contributed by atoms with Crippen LogP contribution in [0.3, 0.4) is 0 Å². The molecule has 1 fully saturated rings. The number of H-pyrrole nitrogens is 2. The van der Waals surface area contributed by atoms with Gasteiger partial charge in [-0.3, -0.25) is 14.9 Å². The van der Waals surface area contributed by atoms with E-state index < -0.39 is 5.82 Å². The lowest BCUT2D eigenvalue weighted by Gasteiger charge is -2.35. The number of piperidine rings is 1. The second-order valence-electron chi connectivity index (χ2n) is 9.69. The number of pyridine rings is 2. The summed E-state index contributed by atoms with van der Waals surface area (Å²) in [6, 6.07) is 9.59. The number of nitrogens with two attached hydrogens (primary N) is 1. The largest absolute Gasteiger partial charge is 0.394 e. The fourth-order valence-corrected chi connectivity index (χ4v) is 5.60. The number of aromatic nitrogens is 4. The van der Waals surface area contributed by atoms with Crippen molar-refractivity contribution in [2.75, 3.05) is 18.8 Å². The van der Waals surface area contributed by atoms with E-state index in [1.807, 2.05) is 12.1 Å². The molecule has 4 N–H and O–H groups in total. The average molecular weight is 471 g/mol. The van der Waals surface area contributed by atoms with Gasteiger partial charge in [-0.15, -0.1) is 0 Å². The first-order chi connectivity index (χ1) is 16.9. The van der Waals surface area contributed by atoms with Crippen LogP contribution in [0.2, 0.25) is 0 Å². The van der Waals surface area contributed by atoms with E-state index in [-0.39, 0.29) is 11.2 Å². The van der Waals surface area contributed by atoms with E-state index in [1.165, 1.54) is 6.07 Å². The van der Waals surface area contributed by atoms with E-state index in [0.29, 0.717) is 39.5 Å². The maximum Gasteiger partial charge on any atom is 0.272 e. The van der Waals surface area contributed by atoms with Crippen LogP contribution in [0.25, 0.3) is 43.8 Å². The van der Waals surface area contributed by atoms with E-state index in [1.54, 1.807) is 18.5 Å². The smallest absolute Gasteiger partial charge is 0.272 e. The molecular formula is C27H27FN6O. The highest BCUT2D eigenvalue weighted by molar-refractivity contribution is 6.15. The minimum atomic E-state index is -0.402. The van der Waals surface area contributed by atoms with Crippen LogP contribution in [-0.4, -0.2) is 44.2 Å². The SMILES string of the molecule is CC(C)N1CCC(c2cc3c(-c4ccc(F)c5[nH]ncc45)c(N)c(=O)[nH]c3c3cccnc23)CC1. The second kappa shape index (κ2) is 8.16. The number of nitrogens with zero attached hydrogens (tertiary/aromatic N) is 3. The van der Waals surface area contributed by atoms with Crippen molar-refractivity contribution in [3.8, 4) is 11.1 Å². The summed E-state index contributed by atoms with van der Waals surface area (Å²) in [5, 5.41) is 9.06. The second-order valence-corrected chi connectivity index (χ2v) is 9.69. The first-order valence-corrected chi connectivity index (χ1v) is 12.0. The van der Waals surface area contributed by atoms with Crippen molar-refractivity contribution in [3.05, 3.63) is 64.5 Å². The highest BCUT2D eigenvalue weighted by atomic mass is 19.1. The van der Waals surface area contributed by atoms with Gasteiger partial charge in [-0.05, 0) is 81.1 Å². The lowest BCUT2D eigenvalue weighted by molar-refractivity contribution is 0.172. The number of anilines is 1. The van der Waals surface area contributed by atoms with Gasteiger partial charge in [0.05, 0.1) is 17.2 Å². The van der Waals surface area contributed by atoms with Crippen LogP contribution >= 0.6 is 0 Å². The Morgan fingerprint density at radius 3 is 2.69 bits per heavy atom. The van der Waals surface area contributed by atoms with Gasteiger partial charge in [-0.25, -0.2) is 4.39 Å². The maximum absolute atomic E-state index is 14.4. The van der Waals surface area contributed by atoms with Gasteiger partial charge in [-0.2, -0.15) is 5.10 Å². The van der Waals surface area contributed by atoms with Gasteiger partial charge in [0.15, 0.2) is 0 Å². The molecule has 5 aromatic rings. The van der Waals surface area contributed by atoms with Crippen molar-refractivity contribution in [3.63, 3.8) is 0 Å². The molecule has 0 radical (unpaired) electrons. The fourth-order valence-electron chi connectivity index (χ4n) is 5.60. The molecule has 1 saturated heterocycles. The zero-order valence-corrected chi connectivity index (χ0v) is 19.7. The van der Waals surface area contributed by atoms with E-state index >= 15 is 0 Å². The predicted molar refractivity (Wildman–Crippen MR) is 138 cm³/mol. The topological polar surface area (TPSA) is 104 Å². The summed E-state index contributed by atoms with van der Waals surface area (Å²) in [6.07, 6.45) is 5.44. The van der Waals surface area contributed by atoms with Crippen LogP contribution in [0.1, 0.15) is 38.2 Å². The standard InChI is InChI=1S/C27H27FN6O/c1-14(2)34-10-7-15(8-11-34)18-12-19-22(16-5-6-21(28)26-20(16)13-31-33-26)23(29)27(35)32-25(19)17-4-3-9-30-24(17)18/h3-6,9,12-15H,7-8,10-11,29H2,1-2H3,(H,31,33)(H,32,35). The van der Waals surface area contributed by atoms with Crippen molar-refractivity contribution >= 4 is 38.4 Å². The predicted octanol–water partition coefficient (Wildman–Crippen LogP) is 4.93. The molecule has 1 aliphatic rings. The van der Waals surface area contributed by atoms with Crippen LogP contribution in [0, 0.1) is 5.82 Å². The molecule has 0 aliphatic carbocycles. The first-order valence-electron chi connectivity index (χ1n) is 12.0. The number of fused-ring (bicyclic) bond motifs is 4.